The molecule has 1 amide bonds. The first-order chi connectivity index (χ1) is 15.6. The smallest absolute Gasteiger partial charge is 0.338 e. The second-order valence-electron chi connectivity index (χ2n) is 7.89. The minimum Gasteiger partial charge on any atom is -0.462 e. The van der Waals surface area contributed by atoms with Crippen LogP contribution in [0.4, 0.5) is 0 Å². The molecular weight excluding hydrogens is 406 g/mol. The van der Waals surface area contributed by atoms with Gasteiger partial charge in [0, 0.05) is 38.4 Å². The van der Waals surface area contributed by atoms with Crippen molar-refractivity contribution in [1.82, 2.24) is 14.5 Å². The van der Waals surface area contributed by atoms with Gasteiger partial charge in [0.25, 0.3) is 5.91 Å². The van der Waals surface area contributed by atoms with E-state index >= 15 is 0 Å². The number of ether oxygens (including phenoxy) is 2. The Hall–Kier alpha value is -3.61. The standard InChI is InChI=1S/C25H27N3O4/c1-27-15-5-8-23(27)24(29)28-16-3-2-6-20(28)13-17-31-25(30)19-9-11-21(12-10-19)32-22-7-4-14-26-18-22/h4-5,7-12,14-15,18,20H,2-3,6,13,16-17H2,1H3. The van der Waals surface area contributed by atoms with Crippen LogP contribution in [0.3, 0.4) is 0 Å². The van der Waals surface area contributed by atoms with Crippen LogP contribution >= 0.6 is 0 Å². The van der Waals surface area contributed by atoms with Crippen LogP contribution in [-0.2, 0) is 11.8 Å². The van der Waals surface area contributed by atoms with Crippen LogP contribution in [0, 0.1) is 0 Å². The number of aryl methyl sites for hydroxylation is 1. The fourth-order valence-electron chi connectivity index (χ4n) is 3.97. The molecule has 1 fully saturated rings. The number of aromatic nitrogens is 2. The molecule has 166 valence electrons. The van der Waals surface area contributed by atoms with E-state index in [0.717, 1.165) is 25.8 Å². The van der Waals surface area contributed by atoms with Crippen molar-refractivity contribution < 1.29 is 19.1 Å². The maximum atomic E-state index is 13.0. The van der Waals surface area contributed by atoms with Crippen molar-refractivity contribution >= 4 is 11.9 Å². The number of amides is 1. The van der Waals surface area contributed by atoms with E-state index in [1.165, 1.54) is 0 Å². The molecule has 0 radical (unpaired) electrons. The first-order valence-electron chi connectivity index (χ1n) is 10.9. The van der Waals surface area contributed by atoms with Crippen molar-refractivity contribution in [3.63, 3.8) is 0 Å². The van der Waals surface area contributed by atoms with Gasteiger partial charge < -0.3 is 18.9 Å². The molecule has 1 aliphatic rings. The van der Waals surface area contributed by atoms with Crippen LogP contribution in [0.5, 0.6) is 11.5 Å². The van der Waals surface area contributed by atoms with Crippen LogP contribution in [0.1, 0.15) is 46.5 Å². The number of carbonyl (C=O) groups is 2. The van der Waals surface area contributed by atoms with Crippen LogP contribution in [0.2, 0.25) is 0 Å². The topological polar surface area (TPSA) is 73.7 Å². The van der Waals surface area contributed by atoms with Gasteiger partial charge in [-0.05, 0) is 67.8 Å². The molecule has 2 aromatic heterocycles. The third kappa shape index (κ3) is 5.17. The van der Waals surface area contributed by atoms with Gasteiger partial charge in [-0.25, -0.2) is 4.79 Å². The highest BCUT2D eigenvalue weighted by Gasteiger charge is 2.28. The Balaban J connectivity index is 1.29. The summed E-state index contributed by atoms with van der Waals surface area (Å²) in [7, 11) is 1.88. The Morgan fingerprint density at radius 2 is 1.91 bits per heavy atom. The summed E-state index contributed by atoms with van der Waals surface area (Å²) in [5.74, 6) is 0.906. The molecule has 1 saturated heterocycles. The molecule has 1 aliphatic heterocycles. The number of pyridine rings is 1. The lowest BCUT2D eigenvalue weighted by atomic mass is 9.99. The van der Waals surface area contributed by atoms with Crippen LogP contribution in [-0.4, -0.2) is 45.5 Å². The molecule has 1 atom stereocenters. The lowest BCUT2D eigenvalue weighted by molar-refractivity contribution is 0.0406. The third-order valence-corrected chi connectivity index (χ3v) is 5.70. The molecule has 1 aromatic carbocycles. The number of piperidine rings is 1. The molecular formula is C25H27N3O4. The predicted molar refractivity (Wildman–Crippen MR) is 120 cm³/mol. The maximum absolute atomic E-state index is 13.0. The predicted octanol–water partition coefficient (Wildman–Crippen LogP) is 4.45. The molecule has 0 bridgehead atoms. The summed E-state index contributed by atoms with van der Waals surface area (Å²) in [6.07, 6.45) is 8.81. The van der Waals surface area contributed by atoms with Gasteiger partial charge in [-0.3, -0.25) is 9.78 Å². The average molecular weight is 434 g/mol. The van der Waals surface area contributed by atoms with Gasteiger partial charge >= 0.3 is 5.97 Å². The van der Waals surface area contributed by atoms with E-state index < -0.39 is 0 Å². The molecule has 0 aliphatic carbocycles. The fraction of sp³-hybridized carbons (Fsp3) is 0.320. The third-order valence-electron chi connectivity index (χ3n) is 5.70. The highest BCUT2D eigenvalue weighted by Crippen LogP contribution is 2.23. The molecule has 0 N–H and O–H groups in total. The minimum atomic E-state index is -0.381. The first kappa shape index (κ1) is 21.6. The fourth-order valence-corrected chi connectivity index (χ4v) is 3.97. The summed E-state index contributed by atoms with van der Waals surface area (Å²) in [5, 5.41) is 0. The Labute approximate surface area is 187 Å². The molecule has 3 aromatic rings. The van der Waals surface area contributed by atoms with Gasteiger partial charge in [-0.1, -0.05) is 0 Å². The van der Waals surface area contributed by atoms with Gasteiger partial charge in [0.05, 0.1) is 18.4 Å². The zero-order chi connectivity index (χ0) is 22.3. The van der Waals surface area contributed by atoms with Crippen LogP contribution < -0.4 is 4.74 Å². The number of esters is 1. The van der Waals surface area contributed by atoms with Crippen molar-refractivity contribution in [2.75, 3.05) is 13.2 Å². The van der Waals surface area contributed by atoms with Crippen molar-refractivity contribution in [3.05, 3.63) is 78.4 Å². The van der Waals surface area contributed by atoms with Crippen LogP contribution in [0.15, 0.2) is 67.1 Å². The van der Waals surface area contributed by atoms with E-state index in [1.54, 1.807) is 42.7 Å². The van der Waals surface area contributed by atoms with Crippen molar-refractivity contribution in [3.8, 4) is 11.5 Å². The van der Waals surface area contributed by atoms with Gasteiger partial charge in [0.1, 0.15) is 17.2 Å². The zero-order valence-corrected chi connectivity index (χ0v) is 18.1. The largest absolute Gasteiger partial charge is 0.462 e. The molecule has 1 unspecified atom stereocenters. The van der Waals surface area contributed by atoms with Gasteiger partial charge in [-0.15, -0.1) is 0 Å². The lowest BCUT2D eigenvalue weighted by Gasteiger charge is -2.35. The number of carbonyl (C=O) groups excluding carboxylic acids is 2. The molecule has 32 heavy (non-hydrogen) atoms. The van der Waals surface area contributed by atoms with Crippen molar-refractivity contribution in [2.45, 2.75) is 31.7 Å². The van der Waals surface area contributed by atoms with E-state index in [9.17, 15) is 9.59 Å². The number of hydrogen-bond acceptors (Lipinski definition) is 5. The molecule has 3 heterocycles. The zero-order valence-electron chi connectivity index (χ0n) is 18.1. The summed E-state index contributed by atoms with van der Waals surface area (Å²) in [4.78, 5) is 31.3. The number of rotatable bonds is 7. The Kier molecular flexibility index (Phi) is 6.84. The number of benzene rings is 1. The normalized spacial score (nSPS) is 15.9. The van der Waals surface area contributed by atoms with E-state index in [4.69, 9.17) is 9.47 Å². The van der Waals surface area contributed by atoms with Crippen molar-refractivity contribution in [2.24, 2.45) is 7.05 Å². The number of nitrogens with zero attached hydrogens (tertiary/aromatic N) is 3. The molecule has 7 heteroatoms. The van der Waals surface area contributed by atoms with Crippen LogP contribution in [0.25, 0.3) is 0 Å². The van der Waals surface area contributed by atoms with Gasteiger partial charge in [0.15, 0.2) is 0 Å². The molecule has 4 rings (SSSR count). The highest BCUT2D eigenvalue weighted by molar-refractivity contribution is 5.93. The molecule has 0 spiro atoms. The Bertz CT molecular complexity index is 1050. The summed E-state index contributed by atoms with van der Waals surface area (Å²) in [6.45, 7) is 1.01. The van der Waals surface area contributed by atoms with Crippen molar-refractivity contribution in [1.29, 1.82) is 0 Å². The maximum Gasteiger partial charge on any atom is 0.338 e. The summed E-state index contributed by atoms with van der Waals surface area (Å²) < 4.78 is 13.0. The van der Waals surface area contributed by atoms with E-state index in [2.05, 4.69) is 4.98 Å². The highest BCUT2D eigenvalue weighted by atomic mass is 16.5. The summed E-state index contributed by atoms with van der Waals surface area (Å²) in [6, 6.07) is 14.2. The molecule has 7 nitrogen and oxygen atoms in total. The lowest BCUT2D eigenvalue weighted by Crippen LogP contribution is -2.44. The monoisotopic (exact) mass is 433 g/mol. The summed E-state index contributed by atoms with van der Waals surface area (Å²) in [5.41, 5.74) is 1.14. The minimum absolute atomic E-state index is 0.0396. The van der Waals surface area contributed by atoms with Gasteiger partial charge in [-0.2, -0.15) is 0 Å². The SMILES string of the molecule is Cn1cccc1C(=O)N1CCCCC1CCOC(=O)c1ccc(Oc2cccnc2)cc1. The van der Waals surface area contributed by atoms with E-state index in [1.807, 2.05) is 40.9 Å². The first-order valence-corrected chi connectivity index (χ1v) is 10.9. The quantitative estimate of drug-likeness (QED) is 0.515. The number of hydrogen-bond donors (Lipinski definition) is 0. The Morgan fingerprint density at radius 1 is 1.06 bits per heavy atom. The van der Waals surface area contributed by atoms with E-state index in [0.29, 0.717) is 29.2 Å². The second-order valence-corrected chi connectivity index (χ2v) is 7.89. The Morgan fingerprint density at radius 3 is 2.62 bits per heavy atom. The number of likely N-dealkylation sites (tertiary alicyclic amines) is 1. The van der Waals surface area contributed by atoms with E-state index in [-0.39, 0.29) is 24.5 Å². The second kappa shape index (κ2) is 10.1. The molecule has 0 saturated carbocycles. The summed E-state index contributed by atoms with van der Waals surface area (Å²) >= 11 is 0. The van der Waals surface area contributed by atoms with Gasteiger partial charge in [0.2, 0.25) is 0 Å². The average Bonchev–Trinajstić information content (AvgIpc) is 3.26.